The van der Waals surface area contributed by atoms with Gasteiger partial charge in [0.05, 0.1) is 11.9 Å². The predicted molar refractivity (Wildman–Crippen MR) is 56.2 cm³/mol. The summed E-state index contributed by atoms with van der Waals surface area (Å²) in [5.74, 6) is 0.00819. The van der Waals surface area contributed by atoms with Crippen LogP contribution in [0.5, 0.6) is 0 Å². The van der Waals surface area contributed by atoms with Crippen LogP contribution in [0, 0.1) is 0 Å². The molecule has 1 aromatic rings. The Morgan fingerprint density at radius 1 is 1.64 bits per heavy atom. The molecule has 0 aliphatic heterocycles. The maximum Gasteiger partial charge on any atom is 0.303 e. The van der Waals surface area contributed by atoms with E-state index >= 15 is 0 Å². The van der Waals surface area contributed by atoms with Gasteiger partial charge in [0.2, 0.25) is 0 Å². The summed E-state index contributed by atoms with van der Waals surface area (Å²) in [5, 5.41) is 8.42. The largest absolute Gasteiger partial charge is 0.481 e. The van der Waals surface area contributed by atoms with Gasteiger partial charge in [-0.1, -0.05) is 0 Å². The van der Waals surface area contributed by atoms with Crippen molar-refractivity contribution < 1.29 is 9.90 Å². The van der Waals surface area contributed by atoms with Gasteiger partial charge >= 0.3 is 5.97 Å². The van der Waals surface area contributed by atoms with Crippen molar-refractivity contribution in [3.8, 4) is 0 Å². The lowest BCUT2D eigenvalue weighted by Gasteiger charge is -2.02. The molecule has 76 valence electrons. The first-order valence-corrected chi connectivity index (χ1v) is 5.23. The lowest BCUT2D eigenvalue weighted by molar-refractivity contribution is -0.137. The quantitative estimate of drug-likeness (QED) is 0.573. The number of carboxylic acid groups (broad SMARTS) is 1. The fraction of sp³-hybridized carbons (Fsp3) is 0.333. The summed E-state index contributed by atoms with van der Waals surface area (Å²) in [7, 11) is 0. The van der Waals surface area contributed by atoms with Crippen LogP contribution in [0.2, 0.25) is 0 Å². The highest BCUT2D eigenvalue weighted by Gasteiger charge is 2.00. The second kappa shape index (κ2) is 5.49. The fourth-order valence-corrected chi connectivity index (χ4v) is 1.82. The van der Waals surface area contributed by atoms with Gasteiger partial charge in [-0.25, -0.2) is 0 Å². The van der Waals surface area contributed by atoms with Crippen molar-refractivity contribution in [1.29, 1.82) is 0 Å². The summed E-state index contributed by atoms with van der Waals surface area (Å²) in [4.78, 5) is 15.1. The van der Waals surface area contributed by atoms with E-state index in [2.05, 4.69) is 4.98 Å². The van der Waals surface area contributed by atoms with Crippen LogP contribution < -0.4 is 5.73 Å². The van der Waals surface area contributed by atoms with Crippen LogP contribution in [0.3, 0.4) is 0 Å². The van der Waals surface area contributed by atoms with Gasteiger partial charge < -0.3 is 10.8 Å². The molecule has 0 aromatic carbocycles. The van der Waals surface area contributed by atoms with E-state index in [0.717, 1.165) is 10.6 Å². The average molecular weight is 212 g/mol. The Morgan fingerprint density at radius 2 is 2.43 bits per heavy atom. The van der Waals surface area contributed by atoms with Crippen molar-refractivity contribution in [2.24, 2.45) is 0 Å². The van der Waals surface area contributed by atoms with Crippen molar-refractivity contribution >= 4 is 23.4 Å². The van der Waals surface area contributed by atoms with Crippen LogP contribution in [0.4, 0.5) is 5.69 Å². The molecule has 0 aliphatic carbocycles. The molecule has 3 N–H and O–H groups in total. The molecule has 0 bridgehead atoms. The number of nitrogen functional groups attached to an aromatic ring is 1. The molecule has 0 saturated heterocycles. The maximum absolute atomic E-state index is 10.2. The zero-order chi connectivity index (χ0) is 10.4. The van der Waals surface area contributed by atoms with Crippen LogP contribution in [0.25, 0.3) is 0 Å². The van der Waals surface area contributed by atoms with E-state index in [-0.39, 0.29) is 6.42 Å². The average Bonchev–Trinajstić information content (AvgIpc) is 2.15. The highest BCUT2D eigenvalue weighted by Crippen LogP contribution is 2.24. The van der Waals surface area contributed by atoms with Crippen LogP contribution in [-0.4, -0.2) is 21.8 Å². The Balaban J connectivity index is 2.31. The summed E-state index contributed by atoms with van der Waals surface area (Å²) in [6.07, 6.45) is 4.13. The van der Waals surface area contributed by atoms with Gasteiger partial charge in [0, 0.05) is 17.5 Å². The first-order valence-electron chi connectivity index (χ1n) is 4.24. The minimum absolute atomic E-state index is 0.206. The second-order valence-corrected chi connectivity index (χ2v) is 3.90. The Bertz CT molecular complexity index is 317. The first-order chi connectivity index (χ1) is 6.70. The Morgan fingerprint density at radius 3 is 3.07 bits per heavy atom. The SMILES string of the molecule is Nc1cnccc1SCCCC(=O)O. The lowest BCUT2D eigenvalue weighted by Crippen LogP contribution is -1.95. The third kappa shape index (κ3) is 3.66. The number of hydrogen-bond donors (Lipinski definition) is 2. The zero-order valence-electron chi connectivity index (χ0n) is 7.64. The van der Waals surface area contributed by atoms with Crippen molar-refractivity contribution in [3.63, 3.8) is 0 Å². The van der Waals surface area contributed by atoms with Crippen molar-refractivity contribution in [3.05, 3.63) is 18.5 Å². The molecule has 1 heterocycles. The van der Waals surface area contributed by atoms with Gasteiger partial charge in [0.1, 0.15) is 0 Å². The number of rotatable bonds is 5. The van der Waals surface area contributed by atoms with E-state index in [0.29, 0.717) is 12.1 Å². The molecule has 0 atom stereocenters. The highest BCUT2D eigenvalue weighted by atomic mass is 32.2. The first kappa shape index (κ1) is 10.8. The van der Waals surface area contributed by atoms with E-state index in [4.69, 9.17) is 10.8 Å². The van der Waals surface area contributed by atoms with Crippen LogP contribution >= 0.6 is 11.8 Å². The second-order valence-electron chi connectivity index (χ2n) is 2.76. The third-order valence-corrected chi connectivity index (χ3v) is 2.78. The number of pyridine rings is 1. The number of carboxylic acids is 1. The molecule has 0 aliphatic rings. The zero-order valence-corrected chi connectivity index (χ0v) is 8.46. The van der Waals surface area contributed by atoms with Crippen molar-refractivity contribution in [1.82, 2.24) is 4.98 Å². The molecule has 1 aromatic heterocycles. The van der Waals surface area contributed by atoms with E-state index in [1.54, 1.807) is 24.2 Å². The minimum Gasteiger partial charge on any atom is -0.481 e. The molecule has 0 radical (unpaired) electrons. The van der Waals surface area contributed by atoms with E-state index < -0.39 is 5.97 Å². The van der Waals surface area contributed by atoms with Gasteiger partial charge in [-0.3, -0.25) is 9.78 Å². The summed E-state index contributed by atoms with van der Waals surface area (Å²) < 4.78 is 0. The number of aliphatic carboxylic acids is 1. The Kier molecular flexibility index (Phi) is 4.25. The minimum atomic E-state index is -0.756. The number of hydrogen-bond acceptors (Lipinski definition) is 4. The standard InChI is InChI=1S/C9H12N2O2S/c10-7-6-11-4-3-8(7)14-5-1-2-9(12)13/h3-4,6H,1-2,5,10H2,(H,12,13). The number of thioether (sulfide) groups is 1. The number of nitrogens with two attached hydrogens (primary N) is 1. The highest BCUT2D eigenvalue weighted by molar-refractivity contribution is 7.99. The fourth-order valence-electron chi connectivity index (χ4n) is 0.931. The van der Waals surface area contributed by atoms with Gasteiger partial charge in [0.25, 0.3) is 0 Å². The Hall–Kier alpha value is -1.23. The smallest absolute Gasteiger partial charge is 0.303 e. The number of carbonyl (C=O) groups is 1. The molecule has 0 spiro atoms. The summed E-state index contributed by atoms with van der Waals surface area (Å²) in [6, 6.07) is 1.83. The lowest BCUT2D eigenvalue weighted by atomic mass is 10.3. The van der Waals surface area contributed by atoms with Crippen molar-refractivity contribution in [2.45, 2.75) is 17.7 Å². The molecule has 0 saturated carbocycles. The normalized spacial score (nSPS) is 10.0. The van der Waals surface area contributed by atoms with E-state index in [9.17, 15) is 4.79 Å². The van der Waals surface area contributed by atoms with Crippen LogP contribution in [-0.2, 0) is 4.79 Å². The summed E-state index contributed by atoms with van der Waals surface area (Å²) >= 11 is 1.56. The molecule has 14 heavy (non-hydrogen) atoms. The molecule has 0 fully saturated rings. The van der Waals surface area contributed by atoms with Crippen LogP contribution in [0.15, 0.2) is 23.4 Å². The number of anilines is 1. The third-order valence-electron chi connectivity index (χ3n) is 1.60. The van der Waals surface area contributed by atoms with E-state index in [1.807, 2.05) is 6.07 Å². The summed E-state index contributed by atoms with van der Waals surface area (Å²) in [6.45, 7) is 0. The number of nitrogens with zero attached hydrogens (tertiary/aromatic N) is 1. The molecule has 1 rings (SSSR count). The molecule has 0 unspecified atom stereocenters. The Labute approximate surface area is 86.5 Å². The molecular formula is C9H12N2O2S. The monoisotopic (exact) mass is 212 g/mol. The van der Waals surface area contributed by atoms with Crippen LogP contribution in [0.1, 0.15) is 12.8 Å². The van der Waals surface area contributed by atoms with Gasteiger partial charge in [-0.15, -0.1) is 11.8 Å². The van der Waals surface area contributed by atoms with Gasteiger partial charge in [0.15, 0.2) is 0 Å². The molecule has 4 nitrogen and oxygen atoms in total. The molecule has 5 heteroatoms. The van der Waals surface area contributed by atoms with Crippen molar-refractivity contribution in [2.75, 3.05) is 11.5 Å². The number of aromatic nitrogens is 1. The molecule has 0 amide bonds. The topological polar surface area (TPSA) is 76.2 Å². The molecular weight excluding hydrogens is 200 g/mol. The maximum atomic E-state index is 10.2. The van der Waals surface area contributed by atoms with Gasteiger partial charge in [-0.2, -0.15) is 0 Å². The summed E-state index contributed by atoms with van der Waals surface area (Å²) in [5.41, 5.74) is 6.31. The predicted octanol–water partition coefficient (Wildman–Crippen LogP) is 1.62. The van der Waals surface area contributed by atoms with E-state index in [1.165, 1.54) is 0 Å². The van der Waals surface area contributed by atoms with Gasteiger partial charge in [-0.05, 0) is 18.2 Å².